The molecule has 0 fully saturated rings. The second-order valence-corrected chi connectivity index (χ2v) is 7.03. The minimum atomic E-state index is -0.489. The third kappa shape index (κ3) is 4.16. The van der Waals surface area contributed by atoms with E-state index in [1.807, 2.05) is 40.7 Å². The predicted octanol–water partition coefficient (Wildman–Crippen LogP) is 3.23. The molecule has 0 radical (unpaired) electrons. The van der Waals surface area contributed by atoms with Gasteiger partial charge in [-0.25, -0.2) is 4.79 Å². The third-order valence-electron chi connectivity index (χ3n) is 3.92. The molecule has 0 saturated heterocycles. The lowest BCUT2D eigenvalue weighted by Gasteiger charge is -2.36. The molecule has 0 aromatic heterocycles. The van der Waals surface area contributed by atoms with Gasteiger partial charge in [0.15, 0.2) is 0 Å². The van der Waals surface area contributed by atoms with Crippen LogP contribution in [0.25, 0.3) is 0 Å². The maximum atomic E-state index is 12.4. The van der Waals surface area contributed by atoms with Crippen molar-refractivity contribution < 1.29 is 14.3 Å². The van der Waals surface area contributed by atoms with E-state index in [1.165, 1.54) is 5.56 Å². The van der Waals surface area contributed by atoms with Crippen LogP contribution in [0.2, 0.25) is 0 Å². The van der Waals surface area contributed by atoms with Gasteiger partial charge in [0.25, 0.3) is 0 Å². The van der Waals surface area contributed by atoms with Crippen LogP contribution in [0.3, 0.4) is 0 Å². The normalized spacial score (nSPS) is 17.7. The van der Waals surface area contributed by atoms with E-state index in [9.17, 15) is 4.79 Å². The number of ether oxygens (including phenoxy) is 2. The van der Waals surface area contributed by atoms with Crippen molar-refractivity contribution in [3.8, 4) is 5.75 Å². The maximum Gasteiger partial charge on any atom is 0.410 e. The summed E-state index contributed by atoms with van der Waals surface area (Å²) in [6.45, 7) is 11.2. The molecule has 5 nitrogen and oxygen atoms in total. The Bertz CT molecular complexity index is 578. The van der Waals surface area contributed by atoms with Crippen molar-refractivity contribution in [1.29, 1.82) is 0 Å². The molecule has 1 amide bonds. The van der Waals surface area contributed by atoms with E-state index < -0.39 is 5.60 Å². The first-order chi connectivity index (χ1) is 10.7. The lowest BCUT2D eigenvalue weighted by molar-refractivity contribution is 0.0138. The van der Waals surface area contributed by atoms with Crippen molar-refractivity contribution in [1.82, 2.24) is 4.90 Å². The fourth-order valence-corrected chi connectivity index (χ4v) is 2.84. The number of nitrogens with two attached hydrogens (primary N) is 1. The molecule has 2 N–H and O–H groups in total. The van der Waals surface area contributed by atoms with Crippen LogP contribution in [0.15, 0.2) is 12.1 Å². The second-order valence-electron chi connectivity index (χ2n) is 7.03. The van der Waals surface area contributed by atoms with Crippen LogP contribution in [-0.2, 0) is 24.2 Å². The summed E-state index contributed by atoms with van der Waals surface area (Å²) in [7, 11) is 0. The highest BCUT2D eigenvalue weighted by atomic mass is 16.6. The van der Waals surface area contributed by atoms with Gasteiger partial charge in [0, 0.05) is 24.7 Å². The molecule has 1 unspecified atom stereocenters. The standard InChI is InChI=1S/C18H28N2O3/c1-6-22-16-9-15-11-20(17(21)23-18(3,4)5)12(2)7-13(15)8-14(16)10-19/h8-9,12H,6-7,10-11,19H2,1-5H3. The zero-order valence-electron chi connectivity index (χ0n) is 14.8. The van der Waals surface area contributed by atoms with Crippen molar-refractivity contribution >= 4 is 6.09 Å². The smallest absolute Gasteiger partial charge is 0.410 e. The number of hydrogen-bond donors (Lipinski definition) is 1. The van der Waals surface area contributed by atoms with Gasteiger partial charge in [0.1, 0.15) is 11.4 Å². The lowest BCUT2D eigenvalue weighted by atomic mass is 9.92. The fraction of sp³-hybridized carbons (Fsp3) is 0.611. The van der Waals surface area contributed by atoms with Crippen molar-refractivity contribution in [2.75, 3.05) is 6.61 Å². The van der Waals surface area contributed by atoms with E-state index >= 15 is 0 Å². The Labute approximate surface area is 138 Å². The lowest BCUT2D eigenvalue weighted by Crippen LogP contribution is -2.45. The minimum absolute atomic E-state index is 0.0981. The first-order valence-corrected chi connectivity index (χ1v) is 8.22. The summed E-state index contributed by atoms with van der Waals surface area (Å²) in [5, 5.41) is 0. The van der Waals surface area contributed by atoms with Gasteiger partial charge in [0.05, 0.1) is 6.61 Å². The SMILES string of the molecule is CCOc1cc2c(cc1CN)CC(C)N(C(=O)OC(C)(C)C)C2. The zero-order chi connectivity index (χ0) is 17.2. The molecular formula is C18H28N2O3. The van der Waals surface area contributed by atoms with Crippen LogP contribution in [0.1, 0.15) is 51.3 Å². The summed E-state index contributed by atoms with van der Waals surface area (Å²) < 4.78 is 11.2. The van der Waals surface area contributed by atoms with Crippen molar-refractivity contribution in [3.63, 3.8) is 0 Å². The Kier molecular flexibility index (Phi) is 5.19. The van der Waals surface area contributed by atoms with E-state index in [1.54, 1.807) is 4.90 Å². The molecule has 128 valence electrons. The molecule has 0 bridgehead atoms. The molecular weight excluding hydrogens is 292 g/mol. The van der Waals surface area contributed by atoms with Gasteiger partial charge < -0.3 is 20.1 Å². The first-order valence-electron chi connectivity index (χ1n) is 8.22. The zero-order valence-corrected chi connectivity index (χ0v) is 14.8. The highest BCUT2D eigenvalue weighted by molar-refractivity contribution is 5.69. The maximum absolute atomic E-state index is 12.4. The topological polar surface area (TPSA) is 64.8 Å². The van der Waals surface area contributed by atoms with Crippen LogP contribution in [0.4, 0.5) is 4.79 Å². The number of hydrogen-bond acceptors (Lipinski definition) is 4. The molecule has 2 rings (SSSR count). The van der Waals surface area contributed by atoms with Gasteiger partial charge in [-0.05, 0) is 58.2 Å². The van der Waals surface area contributed by atoms with Crippen LogP contribution in [-0.4, -0.2) is 29.2 Å². The predicted molar refractivity (Wildman–Crippen MR) is 90.4 cm³/mol. The van der Waals surface area contributed by atoms with Gasteiger partial charge in [-0.1, -0.05) is 6.07 Å². The summed E-state index contributed by atoms with van der Waals surface area (Å²) in [5.41, 5.74) is 8.70. The number of rotatable bonds is 3. The minimum Gasteiger partial charge on any atom is -0.494 e. The highest BCUT2D eigenvalue weighted by Gasteiger charge is 2.31. The van der Waals surface area contributed by atoms with Crippen LogP contribution in [0, 0.1) is 0 Å². The Hall–Kier alpha value is -1.75. The summed E-state index contributed by atoms with van der Waals surface area (Å²) in [6.07, 6.45) is 0.532. The number of carbonyl (C=O) groups is 1. The van der Waals surface area contributed by atoms with E-state index in [-0.39, 0.29) is 12.1 Å². The number of fused-ring (bicyclic) bond motifs is 1. The number of nitrogens with zero attached hydrogens (tertiary/aromatic N) is 1. The van der Waals surface area contributed by atoms with E-state index in [0.29, 0.717) is 19.7 Å². The van der Waals surface area contributed by atoms with E-state index in [4.69, 9.17) is 15.2 Å². The highest BCUT2D eigenvalue weighted by Crippen LogP contribution is 2.31. The molecule has 1 aromatic rings. The molecule has 1 aromatic carbocycles. The largest absolute Gasteiger partial charge is 0.494 e. The molecule has 1 aliphatic heterocycles. The summed E-state index contributed by atoms with van der Waals surface area (Å²) >= 11 is 0. The number of amides is 1. The van der Waals surface area contributed by atoms with Crippen LogP contribution < -0.4 is 10.5 Å². The van der Waals surface area contributed by atoms with Crippen LogP contribution >= 0.6 is 0 Å². The second kappa shape index (κ2) is 6.79. The Balaban J connectivity index is 2.27. The molecule has 5 heteroatoms. The average Bonchev–Trinajstić information content (AvgIpc) is 2.44. The Morgan fingerprint density at radius 3 is 2.61 bits per heavy atom. The molecule has 0 spiro atoms. The van der Waals surface area contributed by atoms with Gasteiger partial charge in [0.2, 0.25) is 0 Å². The molecule has 23 heavy (non-hydrogen) atoms. The third-order valence-corrected chi connectivity index (χ3v) is 3.92. The van der Waals surface area contributed by atoms with Gasteiger partial charge >= 0.3 is 6.09 Å². The molecule has 0 saturated carbocycles. The van der Waals surface area contributed by atoms with Crippen molar-refractivity contribution in [2.45, 2.75) is 65.8 Å². The summed E-state index contributed by atoms with van der Waals surface area (Å²) in [4.78, 5) is 14.2. The quantitative estimate of drug-likeness (QED) is 0.928. The molecule has 1 aliphatic rings. The van der Waals surface area contributed by atoms with Gasteiger partial charge in [-0.2, -0.15) is 0 Å². The fourth-order valence-electron chi connectivity index (χ4n) is 2.84. The number of carbonyl (C=O) groups excluding carboxylic acids is 1. The van der Waals surface area contributed by atoms with Crippen LogP contribution in [0.5, 0.6) is 5.75 Å². The Morgan fingerprint density at radius 1 is 1.35 bits per heavy atom. The molecule has 0 aliphatic carbocycles. The Morgan fingerprint density at radius 2 is 2.04 bits per heavy atom. The van der Waals surface area contributed by atoms with Crippen molar-refractivity contribution in [2.24, 2.45) is 5.73 Å². The average molecular weight is 320 g/mol. The monoisotopic (exact) mass is 320 g/mol. The van der Waals surface area contributed by atoms with Gasteiger partial charge in [-0.15, -0.1) is 0 Å². The molecule has 1 heterocycles. The van der Waals surface area contributed by atoms with E-state index in [0.717, 1.165) is 23.3 Å². The summed E-state index contributed by atoms with van der Waals surface area (Å²) in [6, 6.07) is 4.23. The van der Waals surface area contributed by atoms with E-state index in [2.05, 4.69) is 6.07 Å². The number of benzene rings is 1. The molecule has 1 atom stereocenters. The van der Waals surface area contributed by atoms with Gasteiger partial charge in [-0.3, -0.25) is 0 Å². The van der Waals surface area contributed by atoms with Crippen molar-refractivity contribution in [3.05, 3.63) is 28.8 Å². The summed E-state index contributed by atoms with van der Waals surface area (Å²) in [5.74, 6) is 0.812. The first kappa shape index (κ1) is 17.6.